The van der Waals surface area contributed by atoms with Crippen molar-refractivity contribution in [3.05, 3.63) is 35.4 Å². The fourth-order valence-corrected chi connectivity index (χ4v) is 3.12. The molecule has 2 rings (SSSR count). The van der Waals surface area contributed by atoms with Gasteiger partial charge in [0.15, 0.2) is 0 Å². The van der Waals surface area contributed by atoms with Crippen molar-refractivity contribution < 1.29 is 0 Å². The van der Waals surface area contributed by atoms with Gasteiger partial charge in [-0.3, -0.25) is 0 Å². The van der Waals surface area contributed by atoms with Crippen molar-refractivity contribution in [2.24, 2.45) is 5.73 Å². The third-order valence-electron chi connectivity index (χ3n) is 4.36. The first kappa shape index (κ1) is 15.5. The predicted octanol–water partition coefficient (Wildman–Crippen LogP) is 3.38. The highest BCUT2D eigenvalue weighted by Gasteiger charge is 2.22. The van der Waals surface area contributed by atoms with Crippen molar-refractivity contribution in [3.8, 4) is 0 Å². The lowest BCUT2D eigenvalue weighted by molar-refractivity contribution is 0.444. The van der Waals surface area contributed by atoms with Crippen LogP contribution in [0, 0.1) is 0 Å². The minimum absolute atomic E-state index is 0.238. The predicted molar refractivity (Wildman–Crippen MR) is 87.1 cm³/mol. The topological polar surface area (TPSA) is 38.0 Å². The van der Waals surface area contributed by atoms with Crippen LogP contribution in [0.25, 0.3) is 0 Å². The van der Waals surface area contributed by atoms with Gasteiger partial charge in [0.1, 0.15) is 0 Å². The summed E-state index contributed by atoms with van der Waals surface area (Å²) in [5.74, 6) is 0. The molecule has 0 aromatic heterocycles. The van der Waals surface area contributed by atoms with Gasteiger partial charge in [-0.15, -0.1) is 0 Å². The Morgan fingerprint density at radius 3 is 2.35 bits per heavy atom. The zero-order valence-electron chi connectivity index (χ0n) is 13.4. The summed E-state index contributed by atoms with van der Waals surface area (Å²) in [5, 5.41) is 3.72. The summed E-state index contributed by atoms with van der Waals surface area (Å²) in [6, 6.07) is 10.6. The monoisotopic (exact) mass is 274 g/mol. The summed E-state index contributed by atoms with van der Waals surface area (Å²) in [6.45, 7) is 9.06. The molecule has 20 heavy (non-hydrogen) atoms. The van der Waals surface area contributed by atoms with Gasteiger partial charge in [0, 0.05) is 18.1 Å². The number of hydrogen-bond acceptors (Lipinski definition) is 2. The van der Waals surface area contributed by atoms with E-state index in [1.165, 1.54) is 24.0 Å². The Labute approximate surface area is 124 Å². The van der Waals surface area contributed by atoms with Crippen molar-refractivity contribution in [2.75, 3.05) is 0 Å². The van der Waals surface area contributed by atoms with Crippen molar-refractivity contribution in [3.63, 3.8) is 0 Å². The van der Waals surface area contributed by atoms with Crippen LogP contribution >= 0.6 is 0 Å². The normalized spacial score (nSPS) is 24.9. The molecule has 112 valence electrons. The second-order valence-corrected chi connectivity index (χ2v) is 7.49. The Morgan fingerprint density at radius 1 is 1.20 bits per heavy atom. The zero-order chi connectivity index (χ0) is 14.8. The maximum atomic E-state index is 5.97. The van der Waals surface area contributed by atoms with E-state index in [1.807, 2.05) is 0 Å². The van der Waals surface area contributed by atoms with Gasteiger partial charge in [-0.2, -0.15) is 0 Å². The molecule has 3 atom stereocenters. The largest absolute Gasteiger partial charge is 0.328 e. The molecule has 0 radical (unpaired) electrons. The number of nitrogens with one attached hydrogen (secondary N) is 1. The first-order valence-electron chi connectivity index (χ1n) is 7.95. The molecule has 1 aromatic carbocycles. The first-order valence-corrected chi connectivity index (χ1v) is 7.95. The Kier molecular flexibility index (Phi) is 4.87. The van der Waals surface area contributed by atoms with Gasteiger partial charge in [-0.25, -0.2) is 0 Å². The van der Waals surface area contributed by atoms with E-state index in [0.717, 1.165) is 12.8 Å². The molecule has 0 saturated heterocycles. The van der Waals surface area contributed by atoms with Crippen LogP contribution in [0.2, 0.25) is 0 Å². The smallest absolute Gasteiger partial charge is 0.00849 e. The van der Waals surface area contributed by atoms with E-state index in [1.54, 1.807) is 0 Å². The lowest BCUT2D eigenvalue weighted by atomic mass is 9.86. The third kappa shape index (κ3) is 4.32. The fourth-order valence-electron chi connectivity index (χ4n) is 3.12. The van der Waals surface area contributed by atoms with E-state index in [9.17, 15) is 0 Å². The molecule has 0 heterocycles. The molecular formula is C18H30N2. The number of nitrogens with two attached hydrogens (primary N) is 1. The molecule has 2 unspecified atom stereocenters. The summed E-state index contributed by atoms with van der Waals surface area (Å²) in [7, 11) is 0. The van der Waals surface area contributed by atoms with Crippen molar-refractivity contribution in [1.29, 1.82) is 0 Å². The van der Waals surface area contributed by atoms with E-state index in [2.05, 4.69) is 57.3 Å². The maximum absolute atomic E-state index is 5.97. The number of rotatable bonds is 4. The second kappa shape index (κ2) is 6.28. The van der Waals surface area contributed by atoms with Crippen LogP contribution < -0.4 is 11.1 Å². The highest BCUT2D eigenvalue weighted by Crippen LogP contribution is 2.23. The molecule has 1 saturated carbocycles. The molecule has 0 aliphatic heterocycles. The molecule has 2 nitrogen and oxygen atoms in total. The Bertz CT molecular complexity index is 416. The van der Waals surface area contributed by atoms with Crippen LogP contribution in [0.5, 0.6) is 0 Å². The van der Waals surface area contributed by atoms with Gasteiger partial charge in [0.05, 0.1) is 0 Å². The van der Waals surface area contributed by atoms with E-state index in [0.29, 0.717) is 18.1 Å². The molecule has 1 fully saturated rings. The summed E-state index contributed by atoms with van der Waals surface area (Å²) >= 11 is 0. The van der Waals surface area contributed by atoms with Gasteiger partial charge >= 0.3 is 0 Å². The average molecular weight is 274 g/mol. The van der Waals surface area contributed by atoms with E-state index in [-0.39, 0.29) is 5.41 Å². The fraction of sp³-hybridized carbons (Fsp3) is 0.667. The summed E-state index contributed by atoms with van der Waals surface area (Å²) in [4.78, 5) is 0. The highest BCUT2D eigenvalue weighted by atomic mass is 15.0. The van der Waals surface area contributed by atoms with Gasteiger partial charge in [0.25, 0.3) is 0 Å². The molecule has 3 N–H and O–H groups in total. The number of hydrogen-bond donors (Lipinski definition) is 2. The van der Waals surface area contributed by atoms with E-state index in [4.69, 9.17) is 5.73 Å². The molecule has 1 aliphatic rings. The van der Waals surface area contributed by atoms with Crippen LogP contribution in [0.1, 0.15) is 58.1 Å². The molecular weight excluding hydrogens is 244 g/mol. The van der Waals surface area contributed by atoms with Crippen LogP contribution in [0.4, 0.5) is 0 Å². The second-order valence-electron chi connectivity index (χ2n) is 7.49. The van der Waals surface area contributed by atoms with Crippen LogP contribution in [-0.2, 0) is 11.8 Å². The standard InChI is InChI=1S/C18H30N2/c1-13(20-17-10-9-16(19)12-17)11-14-5-7-15(8-6-14)18(2,3)4/h5-8,13,16-17,20H,9-12,19H2,1-4H3/t13?,16-,17?/m0/s1. The van der Waals surface area contributed by atoms with Crippen molar-refractivity contribution in [2.45, 2.75) is 76.9 Å². The maximum Gasteiger partial charge on any atom is 0.00849 e. The summed E-state index contributed by atoms with van der Waals surface area (Å²) < 4.78 is 0. The van der Waals surface area contributed by atoms with Crippen LogP contribution in [0.3, 0.4) is 0 Å². The first-order chi connectivity index (χ1) is 9.34. The average Bonchev–Trinajstić information content (AvgIpc) is 2.74. The van der Waals surface area contributed by atoms with Gasteiger partial charge in [-0.05, 0) is 49.1 Å². The van der Waals surface area contributed by atoms with Crippen molar-refractivity contribution in [1.82, 2.24) is 5.32 Å². The van der Waals surface area contributed by atoms with E-state index < -0.39 is 0 Å². The minimum Gasteiger partial charge on any atom is -0.328 e. The van der Waals surface area contributed by atoms with Gasteiger partial charge in [-0.1, -0.05) is 45.0 Å². The van der Waals surface area contributed by atoms with Gasteiger partial charge in [0.2, 0.25) is 0 Å². The highest BCUT2D eigenvalue weighted by molar-refractivity contribution is 5.27. The van der Waals surface area contributed by atoms with Crippen LogP contribution in [-0.4, -0.2) is 18.1 Å². The molecule has 0 bridgehead atoms. The Hall–Kier alpha value is -0.860. The molecule has 1 aliphatic carbocycles. The van der Waals surface area contributed by atoms with Gasteiger partial charge < -0.3 is 11.1 Å². The van der Waals surface area contributed by atoms with Crippen molar-refractivity contribution >= 4 is 0 Å². The SMILES string of the molecule is CC(Cc1ccc(C(C)(C)C)cc1)NC1CC[C@H](N)C1. The Balaban J connectivity index is 1.86. The third-order valence-corrected chi connectivity index (χ3v) is 4.36. The number of benzene rings is 1. The molecule has 0 amide bonds. The summed E-state index contributed by atoms with van der Waals surface area (Å²) in [5.41, 5.74) is 9.03. The lowest BCUT2D eigenvalue weighted by Gasteiger charge is -2.21. The summed E-state index contributed by atoms with van der Waals surface area (Å²) in [6.07, 6.45) is 4.63. The minimum atomic E-state index is 0.238. The molecule has 0 spiro atoms. The quantitative estimate of drug-likeness (QED) is 0.883. The lowest BCUT2D eigenvalue weighted by Crippen LogP contribution is -2.37. The Morgan fingerprint density at radius 2 is 1.85 bits per heavy atom. The molecule has 2 heteroatoms. The molecule has 1 aromatic rings. The van der Waals surface area contributed by atoms with Crippen LogP contribution in [0.15, 0.2) is 24.3 Å². The zero-order valence-corrected chi connectivity index (χ0v) is 13.4. The van der Waals surface area contributed by atoms with E-state index >= 15 is 0 Å².